The molecule has 3 heterocycles. The largest absolute Gasteiger partial charge is 0.494 e. The van der Waals surface area contributed by atoms with Crippen molar-refractivity contribution in [2.75, 3.05) is 20.2 Å². The van der Waals surface area contributed by atoms with E-state index in [4.69, 9.17) is 9.72 Å². The molecule has 1 aliphatic heterocycles. The lowest BCUT2D eigenvalue weighted by Gasteiger charge is -2.31. The number of halogens is 1. The van der Waals surface area contributed by atoms with Crippen LogP contribution in [0, 0.1) is 19.7 Å². The fraction of sp³-hybridized carbons (Fsp3) is 0.421. The van der Waals surface area contributed by atoms with Crippen LogP contribution in [0.5, 0.6) is 5.75 Å². The van der Waals surface area contributed by atoms with Gasteiger partial charge in [-0.2, -0.15) is 4.31 Å². The van der Waals surface area contributed by atoms with E-state index in [-0.39, 0.29) is 16.6 Å². The molecule has 0 N–H and O–H groups in total. The summed E-state index contributed by atoms with van der Waals surface area (Å²) in [5, 5.41) is 2.09. The number of benzene rings is 1. The summed E-state index contributed by atoms with van der Waals surface area (Å²) in [6, 6.07) is 3.77. The van der Waals surface area contributed by atoms with Gasteiger partial charge in [0.25, 0.3) is 0 Å². The second-order valence-corrected chi connectivity index (χ2v) is 9.86. The Bertz CT molecular complexity index is 1140. The van der Waals surface area contributed by atoms with Gasteiger partial charge in [0.05, 0.1) is 17.7 Å². The van der Waals surface area contributed by atoms with Crippen LogP contribution in [0.25, 0.3) is 4.83 Å². The average Bonchev–Trinajstić information content (AvgIpc) is 3.22. The van der Waals surface area contributed by atoms with E-state index in [1.807, 2.05) is 13.8 Å². The van der Waals surface area contributed by atoms with Crippen molar-refractivity contribution in [3.05, 3.63) is 46.6 Å². The lowest BCUT2D eigenvalue weighted by Crippen LogP contribution is -2.39. The number of rotatable bonds is 4. The molecule has 0 saturated carbocycles. The van der Waals surface area contributed by atoms with E-state index >= 15 is 0 Å². The predicted molar refractivity (Wildman–Crippen MR) is 106 cm³/mol. The third kappa shape index (κ3) is 3.11. The van der Waals surface area contributed by atoms with Crippen LogP contribution in [0.4, 0.5) is 4.39 Å². The fourth-order valence-electron chi connectivity index (χ4n) is 3.86. The summed E-state index contributed by atoms with van der Waals surface area (Å²) < 4.78 is 48.7. The Hall–Kier alpha value is -1.97. The minimum Gasteiger partial charge on any atom is -0.494 e. The molecule has 28 heavy (non-hydrogen) atoms. The number of fused-ring (bicyclic) bond motifs is 1. The van der Waals surface area contributed by atoms with Gasteiger partial charge in [-0.15, -0.1) is 11.3 Å². The quantitative estimate of drug-likeness (QED) is 0.642. The first kappa shape index (κ1) is 19.4. The Kier molecular flexibility index (Phi) is 4.93. The normalized spacial score (nSPS) is 18.6. The van der Waals surface area contributed by atoms with Gasteiger partial charge in [0, 0.05) is 30.1 Å². The molecule has 4 rings (SSSR count). The molecular weight excluding hydrogens is 401 g/mol. The molecule has 1 aromatic carbocycles. The van der Waals surface area contributed by atoms with Gasteiger partial charge in [0.1, 0.15) is 10.7 Å². The van der Waals surface area contributed by atoms with Gasteiger partial charge in [-0.3, -0.25) is 4.40 Å². The monoisotopic (exact) mass is 423 g/mol. The first-order chi connectivity index (χ1) is 13.3. The average molecular weight is 424 g/mol. The molecule has 0 unspecified atom stereocenters. The van der Waals surface area contributed by atoms with Crippen LogP contribution in [-0.4, -0.2) is 42.3 Å². The first-order valence-corrected chi connectivity index (χ1v) is 11.4. The minimum atomic E-state index is -3.79. The van der Waals surface area contributed by atoms with E-state index in [2.05, 4.69) is 9.78 Å². The van der Waals surface area contributed by atoms with E-state index in [0.29, 0.717) is 13.1 Å². The highest BCUT2D eigenvalue weighted by atomic mass is 32.2. The molecule has 2 aromatic heterocycles. The maximum Gasteiger partial charge on any atom is 0.243 e. The minimum absolute atomic E-state index is 0.0216. The lowest BCUT2D eigenvalue weighted by atomic mass is 9.97. The number of ether oxygens (including phenoxy) is 1. The van der Waals surface area contributed by atoms with Crippen molar-refractivity contribution in [3.8, 4) is 5.75 Å². The van der Waals surface area contributed by atoms with E-state index in [0.717, 1.165) is 41.0 Å². The van der Waals surface area contributed by atoms with E-state index in [1.165, 1.54) is 23.5 Å². The second-order valence-electron chi connectivity index (χ2n) is 7.06. The van der Waals surface area contributed by atoms with E-state index in [1.54, 1.807) is 11.3 Å². The fourth-order valence-corrected chi connectivity index (χ4v) is 6.50. The van der Waals surface area contributed by atoms with Gasteiger partial charge in [0.2, 0.25) is 10.0 Å². The zero-order chi connectivity index (χ0) is 20.1. The molecule has 0 radical (unpaired) electrons. The van der Waals surface area contributed by atoms with Crippen LogP contribution < -0.4 is 4.74 Å². The Balaban J connectivity index is 1.65. The highest BCUT2D eigenvalue weighted by molar-refractivity contribution is 7.89. The van der Waals surface area contributed by atoms with Gasteiger partial charge < -0.3 is 4.74 Å². The highest BCUT2D eigenvalue weighted by Crippen LogP contribution is 2.35. The van der Waals surface area contributed by atoms with Crippen molar-refractivity contribution >= 4 is 26.2 Å². The van der Waals surface area contributed by atoms with Crippen LogP contribution >= 0.6 is 11.3 Å². The molecule has 1 atom stereocenters. The van der Waals surface area contributed by atoms with E-state index < -0.39 is 15.8 Å². The number of imidazole rings is 1. The van der Waals surface area contributed by atoms with Crippen LogP contribution in [0.15, 0.2) is 28.5 Å². The van der Waals surface area contributed by atoms with Crippen molar-refractivity contribution in [2.24, 2.45) is 0 Å². The predicted octanol–water partition coefficient (Wildman–Crippen LogP) is 3.73. The number of aryl methyl sites for hydroxylation is 2. The Morgan fingerprint density at radius 2 is 2.11 bits per heavy atom. The molecule has 0 aliphatic carbocycles. The molecule has 0 spiro atoms. The zero-order valence-electron chi connectivity index (χ0n) is 16.0. The molecule has 9 heteroatoms. The van der Waals surface area contributed by atoms with Crippen molar-refractivity contribution in [3.63, 3.8) is 0 Å². The smallest absolute Gasteiger partial charge is 0.243 e. The van der Waals surface area contributed by atoms with Crippen LogP contribution in [-0.2, 0) is 10.0 Å². The number of piperidine rings is 1. The number of thiazole rings is 1. The van der Waals surface area contributed by atoms with Crippen molar-refractivity contribution in [1.82, 2.24) is 13.7 Å². The van der Waals surface area contributed by atoms with Crippen molar-refractivity contribution < 1.29 is 17.5 Å². The third-order valence-electron chi connectivity index (χ3n) is 5.25. The molecule has 3 aromatic rings. The van der Waals surface area contributed by atoms with Gasteiger partial charge in [0.15, 0.2) is 11.6 Å². The number of sulfonamides is 1. The van der Waals surface area contributed by atoms with Gasteiger partial charge in [-0.05, 0) is 44.9 Å². The third-order valence-corrected chi connectivity index (χ3v) is 8.19. The highest BCUT2D eigenvalue weighted by Gasteiger charge is 2.33. The summed E-state index contributed by atoms with van der Waals surface area (Å²) in [5.41, 5.74) is 2.08. The number of aromatic nitrogens is 2. The second kappa shape index (κ2) is 7.13. The summed E-state index contributed by atoms with van der Waals surface area (Å²) in [5.74, 6) is 0.284. The Morgan fingerprint density at radius 1 is 1.32 bits per heavy atom. The number of hydrogen-bond acceptors (Lipinski definition) is 5. The topological polar surface area (TPSA) is 63.9 Å². The summed E-state index contributed by atoms with van der Waals surface area (Å²) in [7, 11) is -2.44. The summed E-state index contributed by atoms with van der Waals surface area (Å²) in [6.07, 6.45) is 1.62. The Morgan fingerprint density at radius 3 is 2.82 bits per heavy atom. The molecule has 1 saturated heterocycles. The van der Waals surface area contributed by atoms with Crippen molar-refractivity contribution in [1.29, 1.82) is 0 Å². The van der Waals surface area contributed by atoms with Crippen LogP contribution in [0.1, 0.15) is 36.0 Å². The summed E-state index contributed by atoms with van der Waals surface area (Å²) in [4.78, 5) is 5.76. The molecule has 1 fully saturated rings. The summed E-state index contributed by atoms with van der Waals surface area (Å²) in [6.45, 7) is 4.77. The standard InChI is InChI=1S/C19H22FN3O3S2/c1-12-11-27-19-18(21-13(2)23(12)19)14-5-4-8-22(10-14)28(24,25)15-6-7-17(26-3)16(20)9-15/h6-7,9,11,14H,4-5,8,10H2,1-3H3/t14-/m1/s1. The SMILES string of the molecule is COc1ccc(S(=O)(=O)N2CCC[C@@H](c3nc(C)n4c(C)csc34)C2)cc1F. The van der Waals surface area contributed by atoms with Gasteiger partial charge in [-0.1, -0.05) is 0 Å². The van der Waals surface area contributed by atoms with Crippen LogP contribution in [0.2, 0.25) is 0 Å². The molecular formula is C19H22FN3O3S2. The molecule has 6 nitrogen and oxygen atoms in total. The maximum absolute atomic E-state index is 14.0. The number of methoxy groups -OCH3 is 1. The molecule has 150 valence electrons. The Labute approximate surface area is 167 Å². The van der Waals surface area contributed by atoms with Crippen molar-refractivity contribution in [2.45, 2.75) is 37.5 Å². The van der Waals surface area contributed by atoms with Crippen LogP contribution in [0.3, 0.4) is 0 Å². The summed E-state index contributed by atoms with van der Waals surface area (Å²) >= 11 is 1.64. The molecule has 1 aliphatic rings. The van der Waals surface area contributed by atoms with Gasteiger partial charge >= 0.3 is 0 Å². The van der Waals surface area contributed by atoms with Gasteiger partial charge in [-0.25, -0.2) is 17.8 Å². The zero-order valence-corrected chi connectivity index (χ0v) is 17.6. The number of nitrogens with zero attached hydrogens (tertiary/aromatic N) is 3. The maximum atomic E-state index is 14.0. The number of hydrogen-bond donors (Lipinski definition) is 0. The van der Waals surface area contributed by atoms with E-state index in [9.17, 15) is 12.8 Å². The lowest BCUT2D eigenvalue weighted by molar-refractivity contribution is 0.313. The molecule has 0 bridgehead atoms. The first-order valence-electron chi connectivity index (χ1n) is 9.09. The molecule has 0 amide bonds.